The molecule has 0 fully saturated rings. The first-order valence-corrected chi connectivity index (χ1v) is 13.6. The number of nitrogens with one attached hydrogen (secondary N) is 1. The molecule has 0 aliphatic carbocycles. The summed E-state index contributed by atoms with van der Waals surface area (Å²) in [7, 11) is -3.96. The van der Waals surface area contributed by atoms with E-state index in [1.54, 1.807) is 42.5 Å². The average molecular weight is 511 g/mol. The molecule has 0 aliphatic rings. The molecule has 0 bridgehead atoms. The van der Waals surface area contributed by atoms with E-state index in [-0.39, 0.29) is 23.5 Å². The van der Waals surface area contributed by atoms with Crippen LogP contribution in [0.2, 0.25) is 0 Å². The summed E-state index contributed by atoms with van der Waals surface area (Å²) in [5.41, 5.74) is 1.56. The number of hydrogen-bond acceptors (Lipinski definition) is 5. The van der Waals surface area contributed by atoms with Crippen LogP contribution in [-0.2, 0) is 21.2 Å². The molecule has 0 unspecified atom stereocenters. The molecular formula is C28H34N2O5S. The highest BCUT2D eigenvalue weighted by Gasteiger charge is 2.27. The third kappa shape index (κ3) is 7.75. The predicted octanol–water partition coefficient (Wildman–Crippen LogP) is 4.82. The maximum absolute atomic E-state index is 13.4. The third-order valence-electron chi connectivity index (χ3n) is 5.31. The van der Waals surface area contributed by atoms with Crippen molar-refractivity contribution in [3.8, 4) is 11.5 Å². The van der Waals surface area contributed by atoms with Gasteiger partial charge in [-0.25, -0.2) is 8.42 Å². The molecule has 192 valence electrons. The fraction of sp³-hybridized carbons (Fsp3) is 0.321. The number of ether oxygens (including phenoxy) is 2. The SMILES string of the molecule is CCOc1ccc(S(=O)(=O)N(CC(=O)NCCCc2ccc(OC(C)C)cc2)c2ccccc2)cc1. The van der Waals surface area contributed by atoms with Crippen molar-refractivity contribution in [2.75, 3.05) is 24.0 Å². The lowest BCUT2D eigenvalue weighted by Crippen LogP contribution is -2.41. The Hall–Kier alpha value is -3.52. The molecule has 0 atom stereocenters. The van der Waals surface area contributed by atoms with E-state index in [2.05, 4.69) is 5.32 Å². The zero-order valence-electron chi connectivity index (χ0n) is 21.0. The quantitative estimate of drug-likeness (QED) is 0.334. The van der Waals surface area contributed by atoms with Gasteiger partial charge in [-0.3, -0.25) is 9.10 Å². The van der Waals surface area contributed by atoms with Gasteiger partial charge in [0, 0.05) is 6.54 Å². The normalized spacial score (nSPS) is 11.2. The first-order chi connectivity index (χ1) is 17.3. The van der Waals surface area contributed by atoms with Gasteiger partial charge in [-0.1, -0.05) is 30.3 Å². The average Bonchev–Trinajstić information content (AvgIpc) is 2.87. The standard InChI is InChI=1S/C28H34N2O5S/c1-4-34-25-16-18-27(19-17-25)36(32,33)30(24-10-6-5-7-11-24)21-28(31)29-20-8-9-23-12-14-26(15-13-23)35-22(2)3/h5-7,10-19,22H,4,8-9,20-21H2,1-3H3,(H,29,31). The summed E-state index contributed by atoms with van der Waals surface area (Å²) in [6.07, 6.45) is 1.64. The molecule has 0 saturated carbocycles. The topological polar surface area (TPSA) is 84.9 Å². The summed E-state index contributed by atoms with van der Waals surface area (Å²) in [6, 6.07) is 22.7. The number of para-hydroxylation sites is 1. The van der Waals surface area contributed by atoms with E-state index in [1.165, 1.54) is 12.1 Å². The van der Waals surface area contributed by atoms with E-state index in [0.717, 1.165) is 28.5 Å². The summed E-state index contributed by atoms with van der Waals surface area (Å²) in [5.74, 6) is 1.05. The van der Waals surface area contributed by atoms with Crippen LogP contribution < -0.4 is 19.1 Å². The number of carbonyl (C=O) groups is 1. The minimum absolute atomic E-state index is 0.0903. The van der Waals surface area contributed by atoms with Crippen molar-refractivity contribution in [1.82, 2.24) is 5.32 Å². The highest BCUT2D eigenvalue weighted by Crippen LogP contribution is 2.25. The van der Waals surface area contributed by atoms with Crippen LogP contribution in [0.1, 0.15) is 32.8 Å². The Bertz CT molecular complexity index is 1190. The van der Waals surface area contributed by atoms with Crippen molar-refractivity contribution >= 4 is 21.6 Å². The zero-order valence-corrected chi connectivity index (χ0v) is 21.8. The van der Waals surface area contributed by atoms with Crippen LogP contribution >= 0.6 is 0 Å². The van der Waals surface area contributed by atoms with Crippen LogP contribution in [0, 0.1) is 0 Å². The van der Waals surface area contributed by atoms with Crippen LogP contribution in [0.5, 0.6) is 11.5 Å². The minimum Gasteiger partial charge on any atom is -0.494 e. The summed E-state index contributed by atoms with van der Waals surface area (Å²) in [5, 5.41) is 2.85. The number of carbonyl (C=O) groups excluding carboxylic acids is 1. The molecule has 8 heteroatoms. The Labute approximate surface area is 214 Å². The fourth-order valence-electron chi connectivity index (χ4n) is 3.62. The van der Waals surface area contributed by atoms with E-state index >= 15 is 0 Å². The van der Waals surface area contributed by atoms with Crippen LogP contribution in [0.4, 0.5) is 5.69 Å². The lowest BCUT2D eigenvalue weighted by atomic mass is 10.1. The van der Waals surface area contributed by atoms with Gasteiger partial charge in [0.15, 0.2) is 0 Å². The Morgan fingerprint density at radius 3 is 2.17 bits per heavy atom. The molecule has 1 amide bonds. The molecular weight excluding hydrogens is 476 g/mol. The maximum Gasteiger partial charge on any atom is 0.264 e. The summed E-state index contributed by atoms with van der Waals surface area (Å²) < 4.78 is 39.1. The molecule has 0 spiro atoms. The first kappa shape index (κ1) is 27.1. The Morgan fingerprint density at radius 2 is 1.56 bits per heavy atom. The lowest BCUT2D eigenvalue weighted by Gasteiger charge is -2.24. The molecule has 3 rings (SSSR count). The van der Waals surface area contributed by atoms with Gasteiger partial charge in [-0.2, -0.15) is 0 Å². The number of sulfonamides is 1. The van der Waals surface area contributed by atoms with Crippen LogP contribution in [0.3, 0.4) is 0 Å². The third-order valence-corrected chi connectivity index (χ3v) is 7.10. The van der Waals surface area contributed by atoms with Gasteiger partial charge in [-0.15, -0.1) is 0 Å². The summed E-state index contributed by atoms with van der Waals surface area (Å²) in [4.78, 5) is 12.8. The Morgan fingerprint density at radius 1 is 0.917 bits per heavy atom. The van der Waals surface area contributed by atoms with Crippen molar-refractivity contribution < 1.29 is 22.7 Å². The second kappa shape index (κ2) is 13.0. The van der Waals surface area contributed by atoms with Crippen LogP contribution in [-0.4, -0.2) is 40.1 Å². The van der Waals surface area contributed by atoms with Gasteiger partial charge in [-0.05, 0) is 87.7 Å². The van der Waals surface area contributed by atoms with Crippen molar-refractivity contribution in [1.29, 1.82) is 0 Å². The maximum atomic E-state index is 13.4. The van der Waals surface area contributed by atoms with Gasteiger partial charge in [0.1, 0.15) is 18.0 Å². The van der Waals surface area contributed by atoms with Gasteiger partial charge < -0.3 is 14.8 Å². The van der Waals surface area contributed by atoms with Crippen molar-refractivity contribution in [3.05, 3.63) is 84.4 Å². The van der Waals surface area contributed by atoms with Crippen molar-refractivity contribution in [2.45, 2.75) is 44.6 Å². The van der Waals surface area contributed by atoms with Gasteiger partial charge in [0.25, 0.3) is 10.0 Å². The molecule has 0 aliphatic heterocycles. The molecule has 0 saturated heterocycles. The molecule has 1 N–H and O–H groups in total. The van der Waals surface area contributed by atoms with E-state index < -0.39 is 10.0 Å². The van der Waals surface area contributed by atoms with Crippen LogP contribution in [0.25, 0.3) is 0 Å². The Kier molecular flexibility index (Phi) is 9.76. The molecule has 3 aromatic carbocycles. The second-order valence-electron chi connectivity index (χ2n) is 8.52. The summed E-state index contributed by atoms with van der Waals surface area (Å²) in [6.45, 7) is 6.44. The van der Waals surface area contributed by atoms with Gasteiger partial charge in [0.05, 0.1) is 23.3 Å². The zero-order chi connectivity index (χ0) is 26.0. The van der Waals surface area contributed by atoms with E-state index in [4.69, 9.17) is 9.47 Å². The van der Waals surface area contributed by atoms with Crippen LogP contribution in [0.15, 0.2) is 83.8 Å². The number of aryl methyl sites for hydroxylation is 1. The molecule has 0 radical (unpaired) electrons. The number of amides is 1. The summed E-state index contributed by atoms with van der Waals surface area (Å²) >= 11 is 0. The van der Waals surface area contributed by atoms with Gasteiger partial charge >= 0.3 is 0 Å². The molecule has 3 aromatic rings. The number of benzene rings is 3. The monoisotopic (exact) mass is 510 g/mol. The molecule has 36 heavy (non-hydrogen) atoms. The molecule has 7 nitrogen and oxygen atoms in total. The Balaban J connectivity index is 1.61. The smallest absolute Gasteiger partial charge is 0.264 e. The van der Waals surface area contributed by atoms with E-state index in [0.29, 0.717) is 24.6 Å². The highest BCUT2D eigenvalue weighted by atomic mass is 32.2. The number of anilines is 1. The molecule has 0 aromatic heterocycles. The van der Waals surface area contributed by atoms with Gasteiger partial charge in [0.2, 0.25) is 5.91 Å². The highest BCUT2D eigenvalue weighted by molar-refractivity contribution is 7.92. The van der Waals surface area contributed by atoms with Crippen molar-refractivity contribution in [2.24, 2.45) is 0 Å². The van der Waals surface area contributed by atoms with E-state index in [1.807, 2.05) is 45.0 Å². The largest absolute Gasteiger partial charge is 0.494 e. The molecule has 0 heterocycles. The second-order valence-corrected chi connectivity index (χ2v) is 10.4. The number of rotatable bonds is 13. The van der Waals surface area contributed by atoms with Crippen molar-refractivity contribution in [3.63, 3.8) is 0 Å². The van der Waals surface area contributed by atoms with E-state index in [9.17, 15) is 13.2 Å². The lowest BCUT2D eigenvalue weighted by molar-refractivity contribution is -0.119. The first-order valence-electron chi connectivity index (χ1n) is 12.1. The minimum atomic E-state index is -3.96. The predicted molar refractivity (Wildman–Crippen MR) is 142 cm³/mol. The fourth-order valence-corrected chi connectivity index (χ4v) is 5.05. The number of nitrogens with zero attached hydrogens (tertiary/aromatic N) is 1. The number of hydrogen-bond donors (Lipinski definition) is 1.